The van der Waals surface area contributed by atoms with Crippen molar-refractivity contribution in [2.24, 2.45) is 0 Å². The molecule has 1 amide bonds. The number of rotatable bonds is 7. The predicted octanol–water partition coefficient (Wildman–Crippen LogP) is 0.241. The minimum Gasteiger partial charge on any atom is -0.396 e. The van der Waals surface area contributed by atoms with E-state index >= 15 is 0 Å². The van der Waals surface area contributed by atoms with E-state index in [1.165, 1.54) is 0 Å². The number of aliphatic hydroxyl groups is 1. The molecule has 0 aromatic carbocycles. The Hall–Kier alpha value is -1.37. The molecule has 0 saturated carbocycles. The Morgan fingerprint density at radius 2 is 2.14 bits per heavy atom. The lowest BCUT2D eigenvalue weighted by atomic mass is 10.3. The van der Waals surface area contributed by atoms with Crippen molar-refractivity contribution in [3.63, 3.8) is 0 Å². The number of aromatic nitrogens is 1. The van der Waals surface area contributed by atoms with Crippen molar-refractivity contribution >= 4 is 5.91 Å². The van der Waals surface area contributed by atoms with Gasteiger partial charge in [-0.05, 0) is 25.0 Å². The molecule has 6 nitrogen and oxygen atoms in total. The summed E-state index contributed by atoms with van der Waals surface area (Å²) in [6.07, 6.45) is 2.61. The lowest BCUT2D eigenvalue weighted by Crippen LogP contribution is -2.41. The fourth-order valence-electron chi connectivity index (χ4n) is 2.52. The van der Waals surface area contributed by atoms with Crippen LogP contribution in [-0.4, -0.2) is 66.5 Å². The number of morpholine rings is 1. The summed E-state index contributed by atoms with van der Waals surface area (Å²) in [7, 11) is 0. The van der Waals surface area contributed by atoms with Gasteiger partial charge in [0, 0.05) is 45.5 Å². The highest BCUT2D eigenvalue weighted by molar-refractivity contribution is 5.93. The highest BCUT2D eigenvalue weighted by atomic mass is 16.5. The van der Waals surface area contributed by atoms with Crippen LogP contribution in [0.2, 0.25) is 0 Å². The van der Waals surface area contributed by atoms with Crippen molar-refractivity contribution in [3.05, 3.63) is 23.5 Å². The molecule has 1 aromatic rings. The number of nitrogens with zero attached hydrogens (tertiary/aromatic N) is 2. The third kappa shape index (κ3) is 4.84. The summed E-state index contributed by atoms with van der Waals surface area (Å²) in [5.41, 5.74) is 1.73. The van der Waals surface area contributed by atoms with E-state index < -0.39 is 0 Å². The van der Waals surface area contributed by atoms with Gasteiger partial charge < -0.3 is 19.7 Å². The fourth-order valence-corrected chi connectivity index (χ4v) is 2.52. The molecular weight excluding hydrogens is 270 g/mol. The van der Waals surface area contributed by atoms with Crippen LogP contribution in [0.5, 0.6) is 0 Å². The summed E-state index contributed by atoms with van der Waals surface area (Å²) >= 11 is 0. The minimum absolute atomic E-state index is 0.0469. The molecule has 1 aliphatic heterocycles. The Kier molecular flexibility index (Phi) is 6.22. The number of carbonyl (C=O) groups is 1. The van der Waals surface area contributed by atoms with Gasteiger partial charge in [-0.15, -0.1) is 0 Å². The Bertz CT molecular complexity index is 453. The van der Waals surface area contributed by atoms with Gasteiger partial charge in [0.25, 0.3) is 5.91 Å². The topological polar surface area (TPSA) is 66.7 Å². The molecule has 2 heterocycles. The van der Waals surface area contributed by atoms with E-state index in [9.17, 15) is 4.79 Å². The zero-order valence-electron chi connectivity index (χ0n) is 12.7. The van der Waals surface area contributed by atoms with Crippen LogP contribution in [0, 0.1) is 6.92 Å². The standard InChI is InChI=1S/C15H25N3O3/c1-13-11-14(18(12-13)4-2-8-19)15(20)16-3-5-17-6-9-21-10-7-17/h11-12,19H,2-10H2,1H3,(H,16,20). The monoisotopic (exact) mass is 295 g/mol. The zero-order chi connectivity index (χ0) is 15.1. The van der Waals surface area contributed by atoms with Crippen LogP contribution >= 0.6 is 0 Å². The second-order valence-corrected chi connectivity index (χ2v) is 5.38. The highest BCUT2D eigenvalue weighted by Gasteiger charge is 2.14. The molecule has 0 unspecified atom stereocenters. The molecule has 0 spiro atoms. The van der Waals surface area contributed by atoms with E-state index in [4.69, 9.17) is 9.84 Å². The van der Waals surface area contributed by atoms with E-state index in [1.54, 1.807) is 0 Å². The number of hydrogen-bond acceptors (Lipinski definition) is 4. The average Bonchev–Trinajstić information content (AvgIpc) is 2.87. The van der Waals surface area contributed by atoms with Gasteiger partial charge in [0.05, 0.1) is 13.2 Å². The van der Waals surface area contributed by atoms with Gasteiger partial charge in [-0.25, -0.2) is 0 Å². The number of carbonyl (C=O) groups excluding carboxylic acids is 1. The molecular formula is C15H25N3O3. The lowest BCUT2D eigenvalue weighted by Gasteiger charge is -2.26. The SMILES string of the molecule is Cc1cc(C(=O)NCCN2CCOCC2)n(CCCO)c1. The number of amides is 1. The third-order valence-corrected chi connectivity index (χ3v) is 3.64. The quantitative estimate of drug-likeness (QED) is 0.756. The van der Waals surface area contributed by atoms with Crippen LogP contribution in [0.1, 0.15) is 22.5 Å². The number of ether oxygens (including phenoxy) is 1. The maximum atomic E-state index is 12.2. The predicted molar refractivity (Wildman–Crippen MR) is 80.5 cm³/mol. The summed E-state index contributed by atoms with van der Waals surface area (Å²) in [5.74, 6) is -0.0469. The largest absolute Gasteiger partial charge is 0.396 e. The third-order valence-electron chi connectivity index (χ3n) is 3.64. The molecule has 2 N–H and O–H groups in total. The van der Waals surface area contributed by atoms with E-state index in [2.05, 4.69) is 10.2 Å². The summed E-state index contributed by atoms with van der Waals surface area (Å²) < 4.78 is 7.21. The Morgan fingerprint density at radius 3 is 2.86 bits per heavy atom. The van der Waals surface area contributed by atoms with Crippen LogP contribution < -0.4 is 5.32 Å². The highest BCUT2D eigenvalue weighted by Crippen LogP contribution is 2.08. The normalized spacial score (nSPS) is 16.1. The van der Waals surface area contributed by atoms with Crippen molar-refractivity contribution in [1.82, 2.24) is 14.8 Å². The maximum Gasteiger partial charge on any atom is 0.267 e. The molecule has 1 aliphatic rings. The Labute approximate surface area is 125 Å². The first-order chi connectivity index (χ1) is 10.2. The number of aryl methyl sites for hydroxylation is 2. The minimum atomic E-state index is -0.0469. The summed E-state index contributed by atoms with van der Waals surface area (Å²) in [6.45, 7) is 7.68. The Balaban J connectivity index is 1.81. The van der Waals surface area contributed by atoms with Gasteiger partial charge in [-0.1, -0.05) is 0 Å². The molecule has 21 heavy (non-hydrogen) atoms. The van der Waals surface area contributed by atoms with Gasteiger partial charge in [0.2, 0.25) is 0 Å². The molecule has 0 atom stereocenters. The Morgan fingerprint density at radius 1 is 1.38 bits per heavy atom. The van der Waals surface area contributed by atoms with Gasteiger partial charge in [-0.3, -0.25) is 9.69 Å². The average molecular weight is 295 g/mol. The molecule has 0 aliphatic carbocycles. The van der Waals surface area contributed by atoms with Crippen molar-refractivity contribution in [2.75, 3.05) is 46.0 Å². The van der Waals surface area contributed by atoms with Crippen LogP contribution in [0.15, 0.2) is 12.3 Å². The van der Waals surface area contributed by atoms with E-state index in [0.29, 0.717) is 25.2 Å². The number of nitrogens with one attached hydrogen (secondary N) is 1. The van der Waals surface area contributed by atoms with Crippen LogP contribution in [0.25, 0.3) is 0 Å². The number of aliphatic hydroxyl groups excluding tert-OH is 1. The second kappa shape index (κ2) is 8.17. The van der Waals surface area contributed by atoms with Crippen LogP contribution in [-0.2, 0) is 11.3 Å². The van der Waals surface area contributed by atoms with E-state index in [-0.39, 0.29) is 12.5 Å². The van der Waals surface area contributed by atoms with Crippen LogP contribution in [0.3, 0.4) is 0 Å². The summed E-state index contributed by atoms with van der Waals surface area (Å²) in [6, 6.07) is 1.89. The molecule has 0 radical (unpaired) electrons. The maximum absolute atomic E-state index is 12.2. The van der Waals surface area contributed by atoms with Crippen molar-refractivity contribution in [1.29, 1.82) is 0 Å². The molecule has 1 fully saturated rings. The van der Waals surface area contributed by atoms with Gasteiger partial charge in [0.1, 0.15) is 5.69 Å². The first kappa shape index (κ1) is 16.0. The zero-order valence-corrected chi connectivity index (χ0v) is 12.7. The lowest BCUT2D eigenvalue weighted by molar-refractivity contribution is 0.0383. The molecule has 0 bridgehead atoms. The van der Waals surface area contributed by atoms with Crippen LogP contribution in [0.4, 0.5) is 0 Å². The molecule has 1 saturated heterocycles. The fraction of sp³-hybridized carbons (Fsp3) is 0.667. The van der Waals surface area contributed by atoms with Gasteiger partial charge >= 0.3 is 0 Å². The van der Waals surface area contributed by atoms with Gasteiger partial charge in [0.15, 0.2) is 0 Å². The van der Waals surface area contributed by atoms with E-state index in [0.717, 1.165) is 38.4 Å². The summed E-state index contributed by atoms with van der Waals surface area (Å²) in [4.78, 5) is 14.5. The molecule has 2 rings (SSSR count). The smallest absolute Gasteiger partial charge is 0.267 e. The molecule has 118 valence electrons. The number of hydrogen-bond donors (Lipinski definition) is 2. The van der Waals surface area contributed by atoms with Gasteiger partial charge in [-0.2, -0.15) is 0 Å². The van der Waals surface area contributed by atoms with Crippen molar-refractivity contribution in [2.45, 2.75) is 19.9 Å². The molecule has 1 aromatic heterocycles. The summed E-state index contributed by atoms with van der Waals surface area (Å²) in [5, 5.41) is 11.9. The molecule has 6 heteroatoms. The van der Waals surface area contributed by atoms with Crippen molar-refractivity contribution < 1.29 is 14.6 Å². The first-order valence-corrected chi connectivity index (χ1v) is 7.56. The second-order valence-electron chi connectivity index (χ2n) is 5.38. The van der Waals surface area contributed by atoms with E-state index in [1.807, 2.05) is 23.8 Å². The van der Waals surface area contributed by atoms with Crippen molar-refractivity contribution in [3.8, 4) is 0 Å². The first-order valence-electron chi connectivity index (χ1n) is 7.56.